The van der Waals surface area contributed by atoms with E-state index in [0.29, 0.717) is 0 Å². The van der Waals surface area contributed by atoms with Crippen LogP contribution in [0.25, 0.3) is 0 Å². The van der Waals surface area contributed by atoms with Gasteiger partial charge in [-0.3, -0.25) is 4.18 Å². The van der Waals surface area contributed by atoms with Crippen molar-refractivity contribution in [2.24, 2.45) is 0 Å². The fourth-order valence-electron chi connectivity index (χ4n) is 1.02. The van der Waals surface area contributed by atoms with Gasteiger partial charge in [0.05, 0.1) is 18.1 Å². The maximum absolute atomic E-state index is 11.7. The lowest BCUT2D eigenvalue weighted by molar-refractivity contribution is -0.0309. The fourth-order valence-corrected chi connectivity index (χ4v) is 2.04. The Bertz CT molecular complexity index is 461. The Labute approximate surface area is 101 Å². The van der Waals surface area contributed by atoms with Gasteiger partial charge < -0.3 is 10.2 Å². The second-order valence-corrected chi connectivity index (χ2v) is 5.80. The standard InChI is InChI=1S/C11H16O5S/c1-9-3-5-10(6-4-9)17(14,15)16-8-11(2,13)7-12/h3-6,12-13H,7-8H2,1-2H3. The fraction of sp³-hybridized carbons (Fsp3) is 0.455. The molecule has 1 atom stereocenters. The highest BCUT2D eigenvalue weighted by atomic mass is 32.2. The van der Waals surface area contributed by atoms with E-state index in [4.69, 9.17) is 5.11 Å². The first-order valence-corrected chi connectivity index (χ1v) is 6.47. The lowest BCUT2D eigenvalue weighted by Gasteiger charge is -2.19. The highest BCUT2D eigenvalue weighted by molar-refractivity contribution is 7.86. The summed E-state index contributed by atoms with van der Waals surface area (Å²) in [6.07, 6.45) is 0. The van der Waals surface area contributed by atoms with Crippen molar-refractivity contribution in [1.29, 1.82) is 0 Å². The Kier molecular flexibility index (Phi) is 4.26. The number of benzene rings is 1. The lowest BCUT2D eigenvalue weighted by atomic mass is 10.1. The molecule has 1 rings (SSSR count). The Morgan fingerprint density at radius 3 is 2.29 bits per heavy atom. The van der Waals surface area contributed by atoms with Crippen LogP contribution >= 0.6 is 0 Å². The van der Waals surface area contributed by atoms with E-state index in [0.717, 1.165) is 5.56 Å². The summed E-state index contributed by atoms with van der Waals surface area (Å²) in [6, 6.07) is 6.16. The van der Waals surface area contributed by atoms with Gasteiger partial charge in [0.15, 0.2) is 0 Å². The van der Waals surface area contributed by atoms with Crippen LogP contribution in [0.3, 0.4) is 0 Å². The first kappa shape index (κ1) is 14.1. The second-order valence-electron chi connectivity index (χ2n) is 4.18. The molecule has 0 aliphatic heterocycles. The number of hydrogen-bond donors (Lipinski definition) is 2. The van der Waals surface area contributed by atoms with Gasteiger partial charge in [-0.1, -0.05) is 17.7 Å². The van der Waals surface area contributed by atoms with Gasteiger partial charge in [0.25, 0.3) is 10.1 Å². The molecule has 0 aliphatic carbocycles. The van der Waals surface area contributed by atoms with Crippen molar-refractivity contribution in [2.75, 3.05) is 13.2 Å². The lowest BCUT2D eigenvalue weighted by Crippen LogP contribution is -2.35. The highest BCUT2D eigenvalue weighted by Gasteiger charge is 2.24. The van der Waals surface area contributed by atoms with Crippen LogP contribution in [-0.2, 0) is 14.3 Å². The van der Waals surface area contributed by atoms with Crippen LogP contribution in [0.1, 0.15) is 12.5 Å². The first-order chi connectivity index (χ1) is 7.77. The van der Waals surface area contributed by atoms with E-state index in [-0.39, 0.29) is 4.90 Å². The van der Waals surface area contributed by atoms with Crippen molar-refractivity contribution in [3.63, 3.8) is 0 Å². The van der Waals surface area contributed by atoms with Crippen LogP contribution in [-0.4, -0.2) is 37.4 Å². The highest BCUT2D eigenvalue weighted by Crippen LogP contribution is 2.15. The quantitative estimate of drug-likeness (QED) is 0.751. The molecule has 1 unspecified atom stereocenters. The molecule has 17 heavy (non-hydrogen) atoms. The van der Waals surface area contributed by atoms with Crippen LogP contribution in [0, 0.1) is 6.92 Å². The maximum atomic E-state index is 11.7. The third kappa shape index (κ3) is 4.08. The van der Waals surface area contributed by atoms with Crippen molar-refractivity contribution >= 4 is 10.1 Å². The topological polar surface area (TPSA) is 83.8 Å². The predicted molar refractivity (Wildman–Crippen MR) is 62.0 cm³/mol. The summed E-state index contributed by atoms with van der Waals surface area (Å²) >= 11 is 0. The summed E-state index contributed by atoms with van der Waals surface area (Å²) < 4.78 is 28.1. The van der Waals surface area contributed by atoms with Gasteiger partial charge in [-0.2, -0.15) is 8.42 Å². The molecule has 0 bridgehead atoms. The molecule has 0 aromatic heterocycles. The molecule has 1 aromatic carbocycles. The summed E-state index contributed by atoms with van der Waals surface area (Å²) in [7, 11) is -3.89. The van der Waals surface area contributed by atoms with Gasteiger partial charge >= 0.3 is 0 Å². The maximum Gasteiger partial charge on any atom is 0.297 e. The van der Waals surface area contributed by atoms with E-state index >= 15 is 0 Å². The SMILES string of the molecule is Cc1ccc(S(=O)(=O)OCC(C)(O)CO)cc1. The first-order valence-electron chi connectivity index (χ1n) is 5.06. The van der Waals surface area contributed by atoms with E-state index in [9.17, 15) is 13.5 Å². The molecule has 0 saturated heterocycles. The van der Waals surface area contributed by atoms with E-state index in [1.54, 1.807) is 12.1 Å². The summed E-state index contributed by atoms with van der Waals surface area (Å²) in [5.41, 5.74) is -0.635. The number of aryl methyl sites for hydroxylation is 1. The third-order valence-corrected chi connectivity index (χ3v) is 3.45. The summed E-state index contributed by atoms with van der Waals surface area (Å²) in [5, 5.41) is 18.2. The van der Waals surface area contributed by atoms with Gasteiger partial charge in [-0.05, 0) is 26.0 Å². The minimum absolute atomic E-state index is 0.0249. The van der Waals surface area contributed by atoms with Crippen molar-refractivity contribution in [2.45, 2.75) is 24.3 Å². The van der Waals surface area contributed by atoms with Crippen molar-refractivity contribution in [1.82, 2.24) is 0 Å². The molecular weight excluding hydrogens is 244 g/mol. The second kappa shape index (κ2) is 5.14. The van der Waals surface area contributed by atoms with Gasteiger partial charge in [0.1, 0.15) is 5.60 Å². The smallest absolute Gasteiger partial charge is 0.297 e. The van der Waals surface area contributed by atoms with Gasteiger partial charge in [-0.25, -0.2) is 0 Å². The van der Waals surface area contributed by atoms with Gasteiger partial charge in [-0.15, -0.1) is 0 Å². The largest absolute Gasteiger partial charge is 0.393 e. The van der Waals surface area contributed by atoms with E-state index in [2.05, 4.69) is 4.18 Å². The molecule has 5 nitrogen and oxygen atoms in total. The molecule has 0 saturated carbocycles. The molecule has 0 radical (unpaired) electrons. The van der Waals surface area contributed by atoms with Crippen LogP contribution in [0.15, 0.2) is 29.2 Å². The van der Waals surface area contributed by atoms with E-state index in [1.807, 2.05) is 6.92 Å². The minimum atomic E-state index is -3.89. The van der Waals surface area contributed by atoms with Crippen molar-refractivity contribution in [3.8, 4) is 0 Å². The van der Waals surface area contributed by atoms with E-state index < -0.39 is 28.9 Å². The molecule has 1 aromatic rings. The number of aliphatic hydroxyl groups is 2. The number of aliphatic hydroxyl groups excluding tert-OH is 1. The molecule has 0 amide bonds. The Hall–Kier alpha value is -0.950. The third-order valence-electron chi connectivity index (χ3n) is 2.18. The predicted octanol–water partition coefficient (Wildman–Crippen LogP) is 0.444. The summed E-state index contributed by atoms with van der Waals surface area (Å²) in [5.74, 6) is 0. The molecule has 96 valence electrons. The molecule has 0 fully saturated rings. The monoisotopic (exact) mass is 260 g/mol. The molecule has 2 N–H and O–H groups in total. The number of rotatable bonds is 5. The zero-order chi connectivity index (χ0) is 13.1. The zero-order valence-electron chi connectivity index (χ0n) is 9.75. The Morgan fingerprint density at radius 1 is 1.29 bits per heavy atom. The Balaban J connectivity index is 2.79. The van der Waals surface area contributed by atoms with Crippen LogP contribution in [0.4, 0.5) is 0 Å². The zero-order valence-corrected chi connectivity index (χ0v) is 10.6. The minimum Gasteiger partial charge on any atom is -0.393 e. The van der Waals surface area contributed by atoms with Crippen LogP contribution < -0.4 is 0 Å². The molecule has 0 aliphatic rings. The average Bonchev–Trinajstić information content (AvgIpc) is 2.27. The summed E-state index contributed by atoms with van der Waals surface area (Å²) in [4.78, 5) is 0.0249. The van der Waals surface area contributed by atoms with Gasteiger partial charge in [0, 0.05) is 0 Å². The number of hydrogen-bond acceptors (Lipinski definition) is 5. The van der Waals surface area contributed by atoms with Crippen molar-refractivity contribution in [3.05, 3.63) is 29.8 Å². The normalized spacial score (nSPS) is 15.5. The van der Waals surface area contributed by atoms with Crippen molar-refractivity contribution < 1.29 is 22.8 Å². The molecule has 0 heterocycles. The summed E-state index contributed by atoms with van der Waals surface area (Å²) in [6.45, 7) is 2.07. The molecule has 6 heteroatoms. The van der Waals surface area contributed by atoms with E-state index in [1.165, 1.54) is 19.1 Å². The van der Waals surface area contributed by atoms with Crippen LogP contribution in [0.5, 0.6) is 0 Å². The van der Waals surface area contributed by atoms with Crippen LogP contribution in [0.2, 0.25) is 0 Å². The average molecular weight is 260 g/mol. The van der Waals surface area contributed by atoms with Gasteiger partial charge in [0.2, 0.25) is 0 Å². The molecular formula is C11H16O5S. The Morgan fingerprint density at radius 2 is 1.82 bits per heavy atom. The molecule has 0 spiro atoms.